The SMILES string of the molecule is COCCN(Cc1ccccc1C(N)=O)CC1CCCN1. The molecule has 5 heteroatoms. The fraction of sp³-hybridized carbons (Fsp3) is 0.562. The molecule has 1 aliphatic heterocycles. The second kappa shape index (κ2) is 8.12. The summed E-state index contributed by atoms with van der Waals surface area (Å²) < 4.78 is 5.20. The first-order valence-electron chi connectivity index (χ1n) is 7.53. The molecule has 0 aromatic heterocycles. The zero-order chi connectivity index (χ0) is 15.1. The summed E-state index contributed by atoms with van der Waals surface area (Å²) in [5.74, 6) is -0.365. The highest BCUT2D eigenvalue weighted by Crippen LogP contribution is 2.14. The molecule has 1 heterocycles. The van der Waals surface area contributed by atoms with Gasteiger partial charge in [-0.3, -0.25) is 9.69 Å². The van der Waals surface area contributed by atoms with Crippen LogP contribution in [0, 0.1) is 0 Å². The van der Waals surface area contributed by atoms with E-state index >= 15 is 0 Å². The second-order valence-electron chi connectivity index (χ2n) is 5.54. The van der Waals surface area contributed by atoms with Crippen molar-refractivity contribution in [1.29, 1.82) is 0 Å². The summed E-state index contributed by atoms with van der Waals surface area (Å²) in [5.41, 5.74) is 7.06. The average molecular weight is 291 g/mol. The number of hydrogen-bond donors (Lipinski definition) is 2. The second-order valence-corrected chi connectivity index (χ2v) is 5.54. The number of rotatable bonds is 8. The zero-order valence-electron chi connectivity index (χ0n) is 12.7. The highest BCUT2D eigenvalue weighted by Gasteiger charge is 2.19. The molecule has 1 aromatic carbocycles. The Labute approximate surface area is 126 Å². The molecular weight excluding hydrogens is 266 g/mol. The van der Waals surface area contributed by atoms with Crippen molar-refractivity contribution >= 4 is 5.91 Å². The van der Waals surface area contributed by atoms with Crippen LogP contribution in [0.2, 0.25) is 0 Å². The molecule has 5 nitrogen and oxygen atoms in total. The van der Waals surface area contributed by atoms with Crippen LogP contribution in [0.25, 0.3) is 0 Å². The molecule has 2 rings (SSSR count). The Morgan fingerprint density at radius 3 is 2.95 bits per heavy atom. The molecule has 1 aliphatic rings. The lowest BCUT2D eigenvalue weighted by atomic mass is 10.1. The molecule has 1 fully saturated rings. The van der Waals surface area contributed by atoms with Gasteiger partial charge < -0.3 is 15.8 Å². The number of carbonyl (C=O) groups is 1. The van der Waals surface area contributed by atoms with Gasteiger partial charge in [-0.2, -0.15) is 0 Å². The van der Waals surface area contributed by atoms with E-state index in [-0.39, 0.29) is 5.91 Å². The summed E-state index contributed by atoms with van der Waals surface area (Å²) in [6, 6.07) is 8.09. The van der Waals surface area contributed by atoms with E-state index in [4.69, 9.17) is 10.5 Å². The summed E-state index contributed by atoms with van der Waals surface area (Å²) >= 11 is 0. The van der Waals surface area contributed by atoms with Gasteiger partial charge in [-0.05, 0) is 31.0 Å². The summed E-state index contributed by atoms with van der Waals surface area (Å²) in [6.45, 7) is 4.32. The summed E-state index contributed by atoms with van der Waals surface area (Å²) in [6.07, 6.45) is 2.45. The molecule has 1 aromatic rings. The Balaban J connectivity index is 2.04. The first-order chi connectivity index (χ1) is 10.2. The normalized spacial score (nSPS) is 18.3. The Kier molecular flexibility index (Phi) is 6.17. The van der Waals surface area contributed by atoms with Gasteiger partial charge in [0, 0.05) is 38.3 Å². The third kappa shape index (κ3) is 4.81. The lowest BCUT2D eigenvalue weighted by molar-refractivity contribution is 0.0997. The third-order valence-corrected chi connectivity index (χ3v) is 3.93. The van der Waals surface area contributed by atoms with E-state index in [1.54, 1.807) is 13.2 Å². The Morgan fingerprint density at radius 2 is 2.29 bits per heavy atom. The summed E-state index contributed by atoms with van der Waals surface area (Å²) in [4.78, 5) is 13.9. The van der Waals surface area contributed by atoms with Crippen LogP contribution in [-0.4, -0.2) is 50.2 Å². The number of carbonyl (C=O) groups excluding carboxylic acids is 1. The zero-order valence-corrected chi connectivity index (χ0v) is 12.7. The number of nitrogens with zero attached hydrogens (tertiary/aromatic N) is 1. The minimum Gasteiger partial charge on any atom is -0.383 e. The van der Waals surface area contributed by atoms with E-state index in [1.807, 2.05) is 18.2 Å². The van der Waals surface area contributed by atoms with Crippen molar-refractivity contribution in [3.8, 4) is 0 Å². The fourth-order valence-electron chi connectivity index (χ4n) is 2.82. The van der Waals surface area contributed by atoms with E-state index < -0.39 is 0 Å². The molecule has 0 aliphatic carbocycles. The number of methoxy groups -OCH3 is 1. The maximum atomic E-state index is 11.5. The van der Waals surface area contributed by atoms with E-state index in [2.05, 4.69) is 10.2 Å². The van der Waals surface area contributed by atoms with E-state index in [1.165, 1.54) is 12.8 Å². The van der Waals surface area contributed by atoms with E-state index in [9.17, 15) is 4.79 Å². The first-order valence-corrected chi connectivity index (χ1v) is 7.53. The number of nitrogens with two attached hydrogens (primary N) is 1. The average Bonchev–Trinajstić information content (AvgIpc) is 2.98. The number of amides is 1. The first kappa shape index (κ1) is 15.9. The maximum absolute atomic E-state index is 11.5. The number of primary amides is 1. The van der Waals surface area contributed by atoms with Crippen LogP contribution in [-0.2, 0) is 11.3 Å². The third-order valence-electron chi connectivity index (χ3n) is 3.93. The highest BCUT2D eigenvalue weighted by molar-refractivity contribution is 5.94. The van der Waals surface area contributed by atoms with Gasteiger partial charge in [0.05, 0.1) is 6.61 Å². The van der Waals surface area contributed by atoms with Gasteiger partial charge in [0.25, 0.3) is 0 Å². The van der Waals surface area contributed by atoms with Gasteiger partial charge in [-0.25, -0.2) is 0 Å². The standard InChI is InChI=1S/C16H25N3O2/c1-21-10-9-19(12-14-6-4-8-18-14)11-13-5-2-3-7-15(13)16(17)20/h2-3,5,7,14,18H,4,6,8-12H2,1H3,(H2,17,20). The molecule has 1 atom stereocenters. The van der Waals surface area contributed by atoms with Gasteiger partial charge in [-0.15, -0.1) is 0 Å². The van der Waals surface area contributed by atoms with Crippen molar-refractivity contribution in [3.63, 3.8) is 0 Å². The maximum Gasteiger partial charge on any atom is 0.249 e. The number of hydrogen-bond acceptors (Lipinski definition) is 4. The highest BCUT2D eigenvalue weighted by atomic mass is 16.5. The lowest BCUT2D eigenvalue weighted by Gasteiger charge is -2.26. The van der Waals surface area contributed by atoms with Crippen LogP contribution in [0.5, 0.6) is 0 Å². The summed E-state index contributed by atoms with van der Waals surface area (Å²) in [5, 5.41) is 3.51. The quantitative estimate of drug-likeness (QED) is 0.749. The molecule has 21 heavy (non-hydrogen) atoms. The van der Waals surface area contributed by atoms with Crippen molar-refractivity contribution in [2.75, 3.05) is 33.4 Å². The van der Waals surface area contributed by atoms with Gasteiger partial charge >= 0.3 is 0 Å². The molecule has 116 valence electrons. The minimum absolute atomic E-state index is 0.365. The molecule has 1 amide bonds. The molecule has 0 spiro atoms. The van der Waals surface area contributed by atoms with Gasteiger partial charge in [0.2, 0.25) is 5.91 Å². The van der Waals surface area contributed by atoms with Crippen LogP contribution in [0.15, 0.2) is 24.3 Å². The van der Waals surface area contributed by atoms with Gasteiger partial charge in [-0.1, -0.05) is 18.2 Å². The van der Waals surface area contributed by atoms with Crippen molar-refractivity contribution < 1.29 is 9.53 Å². The largest absolute Gasteiger partial charge is 0.383 e. The van der Waals surface area contributed by atoms with Crippen LogP contribution in [0.4, 0.5) is 0 Å². The topological polar surface area (TPSA) is 67.6 Å². The molecule has 0 bridgehead atoms. The lowest BCUT2D eigenvalue weighted by Crippen LogP contribution is -2.39. The predicted molar refractivity (Wildman–Crippen MR) is 83.1 cm³/mol. The molecule has 1 unspecified atom stereocenters. The number of nitrogens with one attached hydrogen (secondary N) is 1. The number of benzene rings is 1. The van der Waals surface area contributed by atoms with Gasteiger partial charge in [0.15, 0.2) is 0 Å². The number of ether oxygens (including phenoxy) is 1. The molecule has 0 radical (unpaired) electrons. The van der Waals surface area contributed by atoms with Gasteiger partial charge in [0.1, 0.15) is 0 Å². The molecule has 1 saturated heterocycles. The summed E-state index contributed by atoms with van der Waals surface area (Å²) in [7, 11) is 1.71. The smallest absolute Gasteiger partial charge is 0.249 e. The fourth-order valence-corrected chi connectivity index (χ4v) is 2.82. The molecule has 0 saturated carbocycles. The Hall–Kier alpha value is -1.43. The monoisotopic (exact) mass is 291 g/mol. The predicted octanol–water partition coefficient (Wildman–Crippen LogP) is 0.986. The molecular formula is C16H25N3O2. The minimum atomic E-state index is -0.365. The molecule has 3 N–H and O–H groups in total. The Bertz CT molecular complexity index is 459. The van der Waals surface area contributed by atoms with Crippen molar-refractivity contribution in [2.45, 2.75) is 25.4 Å². The van der Waals surface area contributed by atoms with Crippen LogP contribution in [0.1, 0.15) is 28.8 Å². The Morgan fingerprint density at radius 1 is 1.48 bits per heavy atom. The van der Waals surface area contributed by atoms with E-state index in [0.717, 1.165) is 31.7 Å². The van der Waals surface area contributed by atoms with Crippen molar-refractivity contribution in [1.82, 2.24) is 10.2 Å². The van der Waals surface area contributed by atoms with Crippen LogP contribution in [0.3, 0.4) is 0 Å². The van der Waals surface area contributed by atoms with Crippen molar-refractivity contribution in [3.05, 3.63) is 35.4 Å². The van der Waals surface area contributed by atoms with Crippen molar-refractivity contribution in [2.24, 2.45) is 5.73 Å². The van der Waals surface area contributed by atoms with E-state index in [0.29, 0.717) is 18.2 Å². The van der Waals surface area contributed by atoms with Crippen LogP contribution < -0.4 is 11.1 Å². The van der Waals surface area contributed by atoms with Crippen LogP contribution >= 0.6 is 0 Å².